The molecular weight excluding hydrogens is 315 g/mol. The van der Waals surface area contributed by atoms with Crippen LogP contribution < -0.4 is 0 Å². The van der Waals surface area contributed by atoms with Crippen LogP contribution in [0.1, 0.15) is 27.6 Å². The van der Waals surface area contributed by atoms with Crippen LogP contribution in [0.3, 0.4) is 0 Å². The normalized spacial score (nSPS) is 12.5. The minimum absolute atomic E-state index is 0.274. The summed E-state index contributed by atoms with van der Waals surface area (Å²) < 4.78 is 14.1. The highest BCUT2D eigenvalue weighted by atomic mass is 79.9. The Balaban J connectivity index is 2.47. The van der Waals surface area contributed by atoms with Crippen molar-refractivity contribution in [2.75, 3.05) is 0 Å². The maximum absolute atomic E-state index is 13.3. The van der Waals surface area contributed by atoms with Gasteiger partial charge in [-0.15, -0.1) is 11.6 Å². The number of rotatable bonds is 2. The third-order valence-corrected chi connectivity index (χ3v) is 4.12. The van der Waals surface area contributed by atoms with Crippen LogP contribution in [0.25, 0.3) is 0 Å². The molecule has 0 saturated carbocycles. The number of aryl methyl sites for hydroxylation is 2. The van der Waals surface area contributed by atoms with Gasteiger partial charge in [0.05, 0.1) is 5.38 Å². The molecule has 0 N–H and O–H groups in total. The van der Waals surface area contributed by atoms with Crippen molar-refractivity contribution in [2.24, 2.45) is 0 Å². The van der Waals surface area contributed by atoms with E-state index in [2.05, 4.69) is 22.0 Å². The molecule has 1 unspecified atom stereocenters. The van der Waals surface area contributed by atoms with E-state index in [1.54, 1.807) is 6.07 Å². The minimum Gasteiger partial charge on any atom is -0.207 e. The van der Waals surface area contributed by atoms with Crippen molar-refractivity contribution in [3.8, 4) is 0 Å². The average molecular weight is 328 g/mol. The molecule has 2 rings (SSSR count). The van der Waals surface area contributed by atoms with E-state index in [0.717, 1.165) is 21.2 Å². The van der Waals surface area contributed by atoms with Crippen LogP contribution in [0.5, 0.6) is 0 Å². The van der Waals surface area contributed by atoms with Crippen LogP contribution in [0.15, 0.2) is 40.9 Å². The van der Waals surface area contributed by atoms with Gasteiger partial charge in [0.25, 0.3) is 0 Å². The number of benzene rings is 2. The highest BCUT2D eigenvalue weighted by molar-refractivity contribution is 9.10. The Morgan fingerprint density at radius 2 is 1.78 bits per heavy atom. The predicted molar refractivity (Wildman–Crippen MR) is 77.7 cm³/mol. The molecule has 0 aliphatic heterocycles. The molecule has 0 nitrogen and oxygen atoms in total. The summed E-state index contributed by atoms with van der Waals surface area (Å²) in [7, 11) is 0. The molecule has 0 aliphatic rings. The number of alkyl halides is 1. The first-order valence-electron chi connectivity index (χ1n) is 5.65. The topological polar surface area (TPSA) is 0 Å². The Morgan fingerprint density at radius 3 is 2.44 bits per heavy atom. The standard InChI is InChI=1S/C15H13BrClF/c1-9-3-5-12(10(2)7-9)15(17)13-8-11(18)4-6-14(13)16/h3-8,15H,1-2H3. The van der Waals surface area contributed by atoms with Gasteiger partial charge in [-0.3, -0.25) is 0 Å². The van der Waals surface area contributed by atoms with Crippen molar-refractivity contribution in [3.05, 3.63) is 68.9 Å². The Bertz CT molecular complexity index is 581. The number of hydrogen-bond donors (Lipinski definition) is 0. The van der Waals surface area contributed by atoms with Gasteiger partial charge < -0.3 is 0 Å². The maximum atomic E-state index is 13.3. The molecule has 0 aliphatic carbocycles. The van der Waals surface area contributed by atoms with Crippen molar-refractivity contribution in [1.29, 1.82) is 0 Å². The van der Waals surface area contributed by atoms with Crippen LogP contribution in [-0.4, -0.2) is 0 Å². The highest BCUT2D eigenvalue weighted by Crippen LogP contribution is 2.35. The van der Waals surface area contributed by atoms with Crippen molar-refractivity contribution < 1.29 is 4.39 Å². The summed E-state index contributed by atoms with van der Waals surface area (Å²) in [6.07, 6.45) is 0. The predicted octanol–water partition coefficient (Wildman–Crippen LogP) is 5.53. The SMILES string of the molecule is Cc1ccc(C(Cl)c2cc(F)ccc2Br)c(C)c1. The van der Waals surface area contributed by atoms with Gasteiger partial charge in [-0.05, 0) is 48.7 Å². The molecule has 94 valence electrons. The van der Waals surface area contributed by atoms with Gasteiger partial charge >= 0.3 is 0 Å². The van der Waals surface area contributed by atoms with E-state index in [9.17, 15) is 4.39 Å². The van der Waals surface area contributed by atoms with Crippen LogP contribution in [0.2, 0.25) is 0 Å². The lowest BCUT2D eigenvalue weighted by Crippen LogP contribution is -1.98. The van der Waals surface area contributed by atoms with E-state index in [4.69, 9.17) is 11.6 Å². The molecule has 1 atom stereocenters. The Kier molecular flexibility index (Phi) is 4.08. The van der Waals surface area contributed by atoms with Crippen molar-refractivity contribution in [1.82, 2.24) is 0 Å². The Morgan fingerprint density at radius 1 is 1.06 bits per heavy atom. The molecule has 0 spiro atoms. The van der Waals surface area contributed by atoms with Gasteiger partial charge in [0.15, 0.2) is 0 Å². The lowest BCUT2D eigenvalue weighted by molar-refractivity contribution is 0.625. The van der Waals surface area contributed by atoms with Crippen LogP contribution in [0.4, 0.5) is 4.39 Å². The van der Waals surface area contributed by atoms with E-state index in [1.165, 1.54) is 17.7 Å². The Hall–Kier alpha value is -0.860. The molecule has 0 aromatic heterocycles. The third kappa shape index (κ3) is 2.76. The fourth-order valence-electron chi connectivity index (χ4n) is 1.99. The largest absolute Gasteiger partial charge is 0.207 e. The zero-order valence-corrected chi connectivity index (χ0v) is 12.5. The zero-order chi connectivity index (χ0) is 13.3. The van der Waals surface area contributed by atoms with Crippen molar-refractivity contribution in [3.63, 3.8) is 0 Å². The van der Waals surface area contributed by atoms with Crippen molar-refractivity contribution >= 4 is 27.5 Å². The molecule has 0 saturated heterocycles. The van der Waals surface area contributed by atoms with Gasteiger partial charge in [-0.1, -0.05) is 39.7 Å². The molecule has 0 heterocycles. The zero-order valence-electron chi connectivity index (χ0n) is 10.2. The molecule has 0 bridgehead atoms. The molecular formula is C15H13BrClF. The van der Waals surface area contributed by atoms with E-state index in [0.29, 0.717) is 0 Å². The van der Waals surface area contributed by atoms with E-state index >= 15 is 0 Å². The molecule has 0 radical (unpaired) electrons. The monoisotopic (exact) mass is 326 g/mol. The fraction of sp³-hybridized carbons (Fsp3) is 0.200. The lowest BCUT2D eigenvalue weighted by Gasteiger charge is -2.15. The maximum Gasteiger partial charge on any atom is 0.123 e. The molecule has 18 heavy (non-hydrogen) atoms. The summed E-state index contributed by atoms with van der Waals surface area (Å²) in [5.74, 6) is -0.274. The first kappa shape index (κ1) is 13.6. The third-order valence-electron chi connectivity index (χ3n) is 2.93. The smallest absolute Gasteiger partial charge is 0.123 e. The van der Waals surface area contributed by atoms with Gasteiger partial charge in [0.1, 0.15) is 5.82 Å². The Labute approximate surface area is 120 Å². The fourth-order valence-corrected chi connectivity index (χ4v) is 3.02. The van der Waals surface area contributed by atoms with E-state index in [-0.39, 0.29) is 11.2 Å². The van der Waals surface area contributed by atoms with E-state index < -0.39 is 0 Å². The lowest BCUT2D eigenvalue weighted by atomic mass is 9.98. The quantitative estimate of drug-likeness (QED) is 0.636. The summed E-state index contributed by atoms with van der Waals surface area (Å²) in [5.41, 5.74) is 4.07. The molecule has 2 aromatic rings. The molecule has 2 aromatic carbocycles. The summed E-state index contributed by atoms with van der Waals surface area (Å²) >= 11 is 9.89. The molecule has 3 heteroatoms. The van der Waals surface area contributed by atoms with Gasteiger partial charge in [0, 0.05) is 4.47 Å². The first-order chi connectivity index (χ1) is 8.49. The van der Waals surface area contributed by atoms with Gasteiger partial charge in [0.2, 0.25) is 0 Å². The highest BCUT2D eigenvalue weighted by Gasteiger charge is 2.16. The second kappa shape index (κ2) is 5.41. The summed E-state index contributed by atoms with van der Waals surface area (Å²) in [5, 5.41) is -0.351. The number of halogens is 3. The average Bonchev–Trinajstić information content (AvgIpc) is 2.31. The molecule has 0 fully saturated rings. The minimum atomic E-state index is -0.351. The summed E-state index contributed by atoms with van der Waals surface area (Å²) in [6, 6.07) is 10.7. The van der Waals surface area contributed by atoms with Crippen LogP contribution in [0, 0.1) is 19.7 Å². The first-order valence-corrected chi connectivity index (χ1v) is 6.88. The van der Waals surface area contributed by atoms with Gasteiger partial charge in [-0.25, -0.2) is 4.39 Å². The van der Waals surface area contributed by atoms with Crippen LogP contribution in [-0.2, 0) is 0 Å². The van der Waals surface area contributed by atoms with E-state index in [1.807, 2.05) is 26.0 Å². The van der Waals surface area contributed by atoms with Crippen molar-refractivity contribution in [2.45, 2.75) is 19.2 Å². The summed E-state index contributed by atoms with van der Waals surface area (Å²) in [4.78, 5) is 0. The van der Waals surface area contributed by atoms with Gasteiger partial charge in [-0.2, -0.15) is 0 Å². The molecule has 0 amide bonds. The second-order valence-corrected chi connectivity index (χ2v) is 5.68. The second-order valence-electron chi connectivity index (χ2n) is 4.39. The van der Waals surface area contributed by atoms with Crippen LogP contribution >= 0.6 is 27.5 Å². The summed E-state index contributed by atoms with van der Waals surface area (Å²) in [6.45, 7) is 4.06. The number of hydrogen-bond acceptors (Lipinski definition) is 0.